The van der Waals surface area contributed by atoms with Crippen molar-refractivity contribution < 1.29 is 14.3 Å². The van der Waals surface area contributed by atoms with Crippen LogP contribution in [0.2, 0.25) is 10.2 Å². The van der Waals surface area contributed by atoms with E-state index in [4.69, 9.17) is 27.9 Å². The zero-order valence-corrected chi connectivity index (χ0v) is 9.02. The second kappa shape index (κ2) is 4.48. The summed E-state index contributed by atoms with van der Waals surface area (Å²) in [6, 6.07) is 0. The molecule has 0 fully saturated rings. The first kappa shape index (κ1) is 11.1. The van der Waals surface area contributed by atoms with Gasteiger partial charge in [-0.1, -0.05) is 23.2 Å². The molecule has 1 rings (SSSR count). The summed E-state index contributed by atoms with van der Waals surface area (Å²) in [6.45, 7) is 0. The van der Waals surface area contributed by atoms with Crippen LogP contribution in [-0.4, -0.2) is 25.2 Å². The molecule has 0 radical (unpaired) electrons. The van der Waals surface area contributed by atoms with Crippen LogP contribution < -0.4 is 4.74 Å². The van der Waals surface area contributed by atoms with Crippen molar-refractivity contribution in [2.75, 3.05) is 14.2 Å². The van der Waals surface area contributed by atoms with Gasteiger partial charge < -0.3 is 9.47 Å². The number of hydrogen-bond acceptors (Lipinski definition) is 4. The van der Waals surface area contributed by atoms with E-state index in [1.807, 2.05) is 0 Å². The Morgan fingerprint density at radius 1 is 1.43 bits per heavy atom. The van der Waals surface area contributed by atoms with Gasteiger partial charge in [-0.05, 0) is 0 Å². The molecule has 14 heavy (non-hydrogen) atoms. The minimum atomic E-state index is -0.615. The second-order valence-corrected chi connectivity index (χ2v) is 3.06. The molecule has 0 amide bonds. The van der Waals surface area contributed by atoms with Gasteiger partial charge >= 0.3 is 5.97 Å². The Labute approximate surface area is 90.7 Å². The Balaban J connectivity index is 3.37. The first-order valence-electron chi connectivity index (χ1n) is 3.58. The Bertz CT molecular complexity index is 368. The molecule has 0 aromatic carbocycles. The van der Waals surface area contributed by atoms with E-state index < -0.39 is 5.97 Å². The van der Waals surface area contributed by atoms with E-state index in [1.54, 1.807) is 0 Å². The maximum Gasteiger partial charge on any atom is 0.343 e. The molecule has 0 atom stereocenters. The fourth-order valence-corrected chi connectivity index (χ4v) is 1.36. The smallest absolute Gasteiger partial charge is 0.343 e. The highest BCUT2D eigenvalue weighted by Gasteiger charge is 2.20. The van der Waals surface area contributed by atoms with Crippen LogP contribution in [0.3, 0.4) is 0 Å². The Hall–Kier alpha value is -1.00. The molecule has 0 aliphatic rings. The molecule has 6 heteroatoms. The summed E-state index contributed by atoms with van der Waals surface area (Å²) in [5, 5.41) is 0.204. The topological polar surface area (TPSA) is 48.4 Å². The molecule has 1 aromatic rings. The SMILES string of the molecule is COC(=O)c1c(Cl)cnc(Cl)c1OC. The van der Waals surface area contributed by atoms with E-state index in [2.05, 4.69) is 9.72 Å². The molecule has 0 unspecified atom stereocenters. The van der Waals surface area contributed by atoms with E-state index in [-0.39, 0.29) is 21.5 Å². The molecule has 0 N–H and O–H groups in total. The summed E-state index contributed by atoms with van der Waals surface area (Å²) in [5.41, 5.74) is 0.0802. The molecule has 0 aliphatic heterocycles. The molecular weight excluding hydrogens is 229 g/mol. The molecule has 0 bridgehead atoms. The standard InChI is InChI=1S/C8H7Cl2NO3/c1-13-6-5(8(12)14-2)4(9)3-11-7(6)10/h3H,1-2H3. The molecule has 1 aromatic heterocycles. The predicted octanol–water partition coefficient (Wildman–Crippen LogP) is 2.18. The van der Waals surface area contributed by atoms with Gasteiger partial charge in [-0.25, -0.2) is 9.78 Å². The number of esters is 1. The number of halogens is 2. The second-order valence-electron chi connectivity index (χ2n) is 2.30. The van der Waals surface area contributed by atoms with E-state index in [0.717, 1.165) is 0 Å². The summed E-state index contributed by atoms with van der Waals surface area (Å²) in [5.74, 6) is -0.498. The van der Waals surface area contributed by atoms with Crippen LogP contribution in [0.25, 0.3) is 0 Å². The molecular formula is C8H7Cl2NO3. The largest absolute Gasteiger partial charge is 0.493 e. The van der Waals surface area contributed by atoms with E-state index in [0.29, 0.717) is 0 Å². The number of methoxy groups -OCH3 is 2. The summed E-state index contributed by atoms with van der Waals surface area (Å²) in [7, 11) is 2.61. The van der Waals surface area contributed by atoms with Crippen LogP contribution in [0.4, 0.5) is 0 Å². The molecule has 0 aliphatic carbocycles. The number of carbonyl (C=O) groups is 1. The van der Waals surface area contributed by atoms with Crippen LogP contribution in [-0.2, 0) is 4.74 Å². The molecule has 0 spiro atoms. The van der Waals surface area contributed by atoms with Crippen molar-refractivity contribution >= 4 is 29.2 Å². The molecule has 0 saturated carbocycles. The van der Waals surface area contributed by atoms with Gasteiger partial charge in [0.05, 0.1) is 19.2 Å². The van der Waals surface area contributed by atoms with E-state index in [1.165, 1.54) is 20.4 Å². The summed E-state index contributed by atoms with van der Waals surface area (Å²) in [6.07, 6.45) is 1.26. The lowest BCUT2D eigenvalue weighted by molar-refractivity contribution is 0.0597. The Morgan fingerprint density at radius 2 is 2.07 bits per heavy atom. The first-order chi connectivity index (χ1) is 6.61. The number of nitrogens with zero attached hydrogens (tertiary/aromatic N) is 1. The number of hydrogen-bond donors (Lipinski definition) is 0. The van der Waals surface area contributed by atoms with Crippen LogP contribution in [0.1, 0.15) is 10.4 Å². The lowest BCUT2D eigenvalue weighted by Crippen LogP contribution is -2.06. The molecule has 4 nitrogen and oxygen atoms in total. The quantitative estimate of drug-likeness (QED) is 0.583. The lowest BCUT2D eigenvalue weighted by Gasteiger charge is -2.08. The summed E-state index contributed by atoms with van der Waals surface area (Å²) in [4.78, 5) is 15.0. The number of rotatable bonds is 2. The van der Waals surface area contributed by atoms with Gasteiger partial charge in [0.2, 0.25) is 0 Å². The molecule has 76 valence electrons. The van der Waals surface area contributed by atoms with Crippen molar-refractivity contribution in [2.45, 2.75) is 0 Å². The van der Waals surface area contributed by atoms with Crippen molar-refractivity contribution in [3.8, 4) is 5.75 Å². The normalized spacial score (nSPS) is 9.71. The highest BCUT2D eigenvalue weighted by molar-refractivity contribution is 6.36. The zero-order chi connectivity index (χ0) is 10.7. The fraction of sp³-hybridized carbons (Fsp3) is 0.250. The number of aromatic nitrogens is 1. The monoisotopic (exact) mass is 235 g/mol. The Kier molecular flexibility index (Phi) is 3.55. The van der Waals surface area contributed by atoms with Crippen molar-refractivity contribution in [1.82, 2.24) is 4.98 Å². The summed E-state index contributed by atoms with van der Waals surface area (Å²) < 4.78 is 9.42. The third-order valence-corrected chi connectivity index (χ3v) is 2.09. The third kappa shape index (κ3) is 1.91. The first-order valence-corrected chi connectivity index (χ1v) is 4.33. The Morgan fingerprint density at radius 3 is 2.57 bits per heavy atom. The average Bonchev–Trinajstić information content (AvgIpc) is 2.19. The maximum atomic E-state index is 11.3. The van der Waals surface area contributed by atoms with Crippen LogP contribution in [0, 0.1) is 0 Å². The third-order valence-electron chi connectivity index (χ3n) is 1.54. The fourth-order valence-electron chi connectivity index (χ4n) is 0.927. The van der Waals surface area contributed by atoms with Gasteiger partial charge in [-0.15, -0.1) is 0 Å². The molecule has 1 heterocycles. The average molecular weight is 236 g/mol. The van der Waals surface area contributed by atoms with E-state index >= 15 is 0 Å². The highest BCUT2D eigenvalue weighted by atomic mass is 35.5. The maximum absolute atomic E-state index is 11.3. The van der Waals surface area contributed by atoms with Gasteiger partial charge in [0.25, 0.3) is 0 Å². The zero-order valence-electron chi connectivity index (χ0n) is 7.51. The minimum Gasteiger partial charge on any atom is -0.493 e. The van der Waals surface area contributed by atoms with Gasteiger partial charge in [0.1, 0.15) is 5.56 Å². The molecule has 0 saturated heterocycles. The lowest BCUT2D eigenvalue weighted by atomic mass is 10.2. The van der Waals surface area contributed by atoms with Crippen LogP contribution in [0.15, 0.2) is 6.20 Å². The van der Waals surface area contributed by atoms with Gasteiger partial charge in [0, 0.05) is 6.20 Å². The van der Waals surface area contributed by atoms with Gasteiger partial charge in [0.15, 0.2) is 10.9 Å². The van der Waals surface area contributed by atoms with Crippen molar-refractivity contribution in [3.05, 3.63) is 21.9 Å². The number of carbonyl (C=O) groups excluding carboxylic acids is 1. The van der Waals surface area contributed by atoms with Crippen molar-refractivity contribution in [2.24, 2.45) is 0 Å². The van der Waals surface area contributed by atoms with E-state index in [9.17, 15) is 4.79 Å². The number of pyridine rings is 1. The van der Waals surface area contributed by atoms with Gasteiger partial charge in [-0.2, -0.15) is 0 Å². The summed E-state index contributed by atoms with van der Waals surface area (Å²) >= 11 is 11.5. The van der Waals surface area contributed by atoms with Crippen LogP contribution in [0.5, 0.6) is 5.75 Å². The number of ether oxygens (including phenoxy) is 2. The van der Waals surface area contributed by atoms with Crippen molar-refractivity contribution in [3.63, 3.8) is 0 Å². The predicted molar refractivity (Wildman–Crippen MR) is 52.1 cm³/mol. The van der Waals surface area contributed by atoms with Crippen molar-refractivity contribution in [1.29, 1.82) is 0 Å². The minimum absolute atomic E-state index is 0.0669. The highest BCUT2D eigenvalue weighted by Crippen LogP contribution is 2.31. The van der Waals surface area contributed by atoms with Gasteiger partial charge in [-0.3, -0.25) is 0 Å². The van der Waals surface area contributed by atoms with Crippen LogP contribution >= 0.6 is 23.2 Å².